The van der Waals surface area contributed by atoms with Crippen LogP contribution in [0.25, 0.3) is 0 Å². The van der Waals surface area contributed by atoms with Gasteiger partial charge in [0.1, 0.15) is 11.5 Å². The standard InChI is InChI=1S/C32H21ClN4O5/c33-20-11-13-21(14-12-20)35-31(40)27-26(18-9-15-22(16-10-18)37(41)42)32(29(38)24-7-3-4-8-25(24)30(32)39)28-23-6-2-1-5-19(23)17-34-36(27)28/h1-17,26-28H,(H,35,40). The van der Waals surface area contributed by atoms with E-state index in [9.17, 15) is 24.5 Å². The van der Waals surface area contributed by atoms with Crippen molar-refractivity contribution in [3.63, 3.8) is 0 Å². The number of ketones is 2. The van der Waals surface area contributed by atoms with Crippen LogP contribution in [0.3, 0.4) is 0 Å². The summed E-state index contributed by atoms with van der Waals surface area (Å²) in [6, 6.07) is 24.2. The summed E-state index contributed by atoms with van der Waals surface area (Å²) in [5.74, 6) is -2.34. The SMILES string of the molecule is O=C(Nc1ccc(Cl)cc1)C1C(c2ccc([N+](=O)[O-])cc2)C2(C(=O)c3ccccc3C2=O)C2c3ccccc3C=NN12. The van der Waals surface area contributed by atoms with Gasteiger partial charge in [0.15, 0.2) is 11.6 Å². The highest BCUT2D eigenvalue weighted by molar-refractivity contribution is 6.31. The van der Waals surface area contributed by atoms with E-state index in [1.807, 2.05) is 24.3 Å². The topological polar surface area (TPSA) is 122 Å². The summed E-state index contributed by atoms with van der Waals surface area (Å²) in [6.45, 7) is 0. The van der Waals surface area contributed by atoms with Gasteiger partial charge < -0.3 is 5.32 Å². The molecule has 1 N–H and O–H groups in total. The fourth-order valence-electron chi connectivity index (χ4n) is 6.70. The average molecular weight is 577 g/mol. The van der Waals surface area contributed by atoms with Crippen molar-refractivity contribution in [2.24, 2.45) is 10.5 Å². The second kappa shape index (κ2) is 9.46. The lowest BCUT2D eigenvalue weighted by Gasteiger charge is -2.36. The van der Waals surface area contributed by atoms with Gasteiger partial charge in [-0.1, -0.05) is 72.3 Å². The number of hydrogen-bond acceptors (Lipinski definition) is 7. The molecule has 2 aliphatic heterocycles. The smallest absolute Gasteiger partial charge is 0.269 e. The molecule has 3 aliphatic rings. The number of amides is 1. The zero-order chi connectivity index (χ0) is 29.2. The number of nitro groups is 1. The molecule has 4 aromatic carbocycles. The summed E-state index contributed by atoms with van der Waals surface area (Å²) in [4.78, 5) is 54.5. The first-order valence-corrected chi connectivity index (χ1v) is 13.6. The number of carbonyl (C=O) groups is 3. The summed E-state index contributed by atoms with van der Waals surface area (Å²) in [7, 11) is 0. The summed E-state index contributed by atoms with van der Waals surface area (Å²) in [5, 5.41) is 21.1. The number of Topliss-reactive ketones (excluding diaryl/α,β-unsaturated/α-hetero) is 2. The van der Waals surface area contributed by atoms with Crippen LogP contribution in [0.15, 0.2) is 102 Å². The van der Waals surface area contributed by atoms with Gasteiger partial charge in [0.2, 0.25) is 5.91 Å². The Morgan fingerprint density at radius 2 is 1.50 bits per heavy atom. The maximum atomic E-state index is 14.7. The molecule has 2 heterocycles. The number of fused-ring (bicyclic) bond motifs is 5. The zero-order valence-electron chi connectivity index (χ0n) is 21.8. The first-order valence-electron chi connectivity index (χ1n) is 13.2. The minimum absolute atomic E-state index is 0.151. The molecule has 1 spiro atoms. The van der Waals surface area contributed by atoms with E-state index in [0.29, 0.717) is 21.8 Å². The number of nitro benzene ring substituents is 1. The molecule has 3 unspecified atom stereocenters. The third kappa shape index (κ3) is 3.56. The number of anilines is 1. The monoisotopic (exact) mass is 576 g/mol. The third-order valence-corrected chi connectivity index (χ3v) is 8.67. The van der Waals surface area contributed by atoms with E-state index >= 15 is 0 Å². The Morgan fingerprint density at radius 3 is 2.14 bits per heavy atom. The quantitative estimate of drug-likeness (QED) is 0.186. The van der Waals surface area contributed by atoms with Crippen LogP contribution < -0.4 is 5.32 Å². The van der Waals surface area contributed by atoms with Gasteiger partial charge in [-0.05, 0) is 41.0 Å². The molecule has 3 atom stereocenters. The summed E-state index contributed by atoms with van der Waals surface area (Å²) >= 11 is 6.05. The lowest BCUT2D eigenvalue weighted by molar-refractivity contribution is -0.384. The number of non-ortho nitro benzene ring substituents is 1. The summed E-state index contributed by atoms with van der Waals surface area (Å²) in [6.07, 6.45) is 1.62. The van der Waals surface area contributed by atoms with Crippen LogP contribution in [0.2, 0.25) is 5.02 Å². The largest absolute Gasteiger partial charge is 0.324 e. The molecule has 4 aromatic rings. The van der Waals surface area contributed by atoms with Gasteiger partial charge in [-0.15, -0.1) is 0 Å². The number of halogens is 1. The lowest BCUT2D eigenvalue weighted by atomic mass is 9.63. The maximum absolute atomic E-state index is 14.7. The highest BCUT2D eigenvalue weighted by Gasteiger charge is 2.72. The summed E-state index contributed by atoms with van der Waals surface area (Å²) in [5.41, 5.74) is 0.968. The van der Waals surface area contributed by atoms with Gasteiger partial charge >= 0.3 is 0 Å². The predicted octanol–water partition coefficient (Wildman–Crippen LogP) is 5.81. The third-order valence-electron chi connectivity index (χ3n) is 8.42. The molecule has 206 valence electrons. The van der Waals surface area contributed by atoms with Crippen molar-refractivity contribution in [3.8, 4) is 0 Å². The molecular formula is C32H21ClN4O5. The molecule has 0 radical (unpaired) electrons. The number of nitrogens with zero attached hydrogens (tertiary/aromatic N) is 3. The van der Waals surface area contributed by atoms with Gasteiger partial charge in [0.25, 0.3) is 5.69 Å². The lowest BCUT2D eigenvalue weighted by Crippen LogP contribution is -2.44. The van der Waals surface area contributed by atoms with E-state index in [2.05, 4.69) is 10.4 Å². The minimum atomic E-state index is -1.77. The molecule has 9 nitrogen and oxygen atoms in total. The second-order valence-electron chi connectivity index (χ2n) is 10.5. The molecule has 1 saturated heterocycles. The van der Waals surface area contributed by atoms with Crippen LogP contribution >= 0.6 is 11.6 Å². The molecule has 0 saturated carbocycles. The first-order chi connectivity index (χ1) is 20.3. The molecular weight excluding hydrogens is 556 g/mol. The fourth-order valence-corrected chi connectivity index (χ4v) is 6.83. The van der Waals surface area contributed by atoms with Crippen molar-refractivity contribution in [3.05, 3.63) is 140 Å². The fraction of sp³-hybridized carbons (Fsp3) is 0.125. The number of hydrogen-bond donors (Lipinski definition) is 1. The molecule has 0 aromatic heterocycles. The number of rotatable bonds is 4. The number of carbonyl (C=O) groups excluding carboxylic acids is 3. The normalized spacial score (nSPS) is 21.2. The number of benzene rings is 4. The highest BCUT2D eigenvalue weighted by Crippen LogP contribution is 2.64. The van der Waals surface area contributed by atoms with Crippen molar-refractivity contribution in [1.29, 1.82) is 0 Å². The Bertz CT molecular complexity index is 1800. The predicted molar refractivity (Wildman–Crippen MR) is 156 cm³/mol. The van der Waals surface area contributed by atoms with Gasteiger partial charge in [0.05, 0.1) is 17.2 Å². The van der Waals surface area contributed by atoms with Crippen LogP contribution in [-0.2, 0) is 4.79 Å². The minimum Gasteiger partial charge on any atom is -0.324 e. The molecule has 10 heteroatoms. The Morgan fingerprint density at radius 1 is 0.881 bits per heavy atom. The van der Waals surface area contributed by atoms with Crippen molar-refractivity contribution < 1.29 is 19.3 Å². The van der Waals surface area contributed by atoms with Crippen LogP contribution in [0.5, 0.6) is 0 Å². The van der Waals surface area contributed by atoms with E-state index in [4.69, 9.17) is 11.6 Å². The Balaban J connectivity index is 1.48. The van der Waals surface area contributed by atoms with Gasteiger partial charge in [-0.3, -0.25) is 29.5 Å². The number of hydrazone groups is 1. The molecule has 7 rings (SSSR count). The molecule has 42 heavy (non-hydrogen) atoms. The molecule has 1 fully saturated rings. The maximum Gasteiger partial charge on any atom is 0.269 e. The second-order valence-corrected chi connectivity index (χ2v) is 10.9. The number of nitrogens with one attached hydrogen (secondary N) is 1. The average Bonchev–Trinajstić information content (AvgIpc) is 3.44. The van der Waals surface area contributed by atoms with Crippen molar-refractivity contribution in [2.45, 2.75) is 18.0 Å². The van der Waals surface area contributed by atoms with Crippen LogP contribution in [0.1, 0.15) is 49.4 Å². The van der Waals surface area contributed by atoms with Gasteiger partial charge in [-0.25, -0.2) is 0 Å². The van der Waals surface area contributed by atoms with E-state index in [1.54, 1.807) is 59.8 Å². The van der Waals surface area contributed by atoms with Crippen molar-refractivity contribution in [2.75, 3.05) is 5.32 Å². The molecule has 0 bridgehead atoms. The van der Waals surface area contributed by atoms with Crippen LogP contribution in [0, 0.1) is 15.5 Å². The van der Waals surface area contributed by atoms with E-state index in [-0.39, 0.29) is 16.8 Å². The van der Waals surface area contributed by atoms with E-state index < -0.39 is 45.8 Å². The van der Waals surface area contributed by atoms with E-state index in [1.165, 1.54) is 24.3 Å². The van der Waals surface area contributed by atoms with Crippen LogP contribution in [0.4, 0.5) is 11.4 Å². The van der Waals surface area contributed by atoms with Crippen LogP contribution in [-0.4, -0.2) is 39.7 Å². The van der Waals surface area contributed by atoms with Gasteiger partial charge in [-0.2, -0.15) is 5.10 Å². The summed E-state index contributed by atoms with van der Waals surface area (Å²) < 4.78 is 0. The Hall–Kier alpha value is -5.15. The van der Waals surface area contributed by atoms with Crippen molar-refractivity contribution >= 4 is 46.7 Å². The van der Waals surface area contributed by atoms with Crippen molar-refractivity contribution in [1.82, 2.24) is 5.01 Å². The molecule has 1 aliphatic carbocycles. The first kappa shape index (κ1) is 25.8. The Kier molecular flexibility index (Phi) is 5.81. The van der Waals surface area contributed by atoms with Gasteiger partial charge in [0, 0.05) is 39.9 Å². The van der Waals surface area contributed by atoms with E-state index in [0.717, 1.165) is 5.56 Å². The zero-order valence-corrected chi connectivity index (χ0v) is 22.6. The molecule has 1 amide bonds. The Labute approximate surface area is 244 Å². The highest BCUT2D eigenvalue weighted by atomic mass is 35.5.